The molecule has 4 rings (SSSR count). The number of fused-ring (bicyclic) bond motifs is 1. The summed E-state index contributed by atoms with van der Waals surface area (Å²) in [6, 6.07) is 22.6. The highest BCUT2D eigenvalue weighted by molar-refractivity contribution is 5.93. The molecule has 0 N–H and O–H groups in total. The van der Waals surface area contributed by atoms with E-state index >= 15 is 0 Å². The van der Waals surface area contributed by atoms with Gasteiger partial charge in [-0.25, -0.2) is 15.0 Å². The molecule has 0 unspecified atom stereocenters. The van der Waals surface area contributed by atoms with E-state index in [0.717, 1.165) is 28.0 Å². The highest BCUT2D eigenvalue weighted by Crippen LogP contribution is 2.33. The molecule has 0 spiro atoms. The number of aliphatic imine (C=N–C) groups is 1. The van der Waals surface area contributed by atoms with Crippen LogP contribution in [-0.2, 0) is 0 Å². The Morgan fingerprint density at radius 1 is 0.917 bits per heavy atom. The van der Waals surface area contributed by atoms with Gasteiger partial charge >= 0.3 is 0 Å². The Morgan fingerprint density at radius 2 is 1.62 bits per heavy atom. The molecule has 0 amide bonds. The van der Waals surface area contributed by atoms with E-state index < -0.39 is 0 Å². The lowest BCUT2D eigenvalue weighted by atomic mass is 10.1. The summed E-state index contributed by atoms with van der Waals surface area (Å²) < 4.78 is 2.15. The summed E-state index contributed by atoms with van der Waals surface area (Å²) in [5, 5.41) is 0.943. The van der Waals surface area contributed by atoms with Crippen molar-refractivity contribution >= 4 is 23.1 Å². The van der Waals surface area contributed by atoms with E-state index in [1.807, 2.05) is 43.3 Å². The first-order valence-electron chi connectivity index (χ1n) is 7.84. The fourth-order valence-electron chi connectivity index (χ4n) is 2.88. The van der Waals surface area contributed by atoms with Crippen LogP contribution in [0.5, 0.6) is 0 Å². The van der Waals surface area contributed by atoms with Crippen LogP contribution in [-0.4, -0.2) is 20.7 Å². The minimum Gasteiger partial charge on any atom is -0.294 e. The molecule has 0 radical (unpaired) electrons. The Labute approximate surface area is 140 Å². The monoisotopic (exact) mass is 312 g/mol. The first-order valence-corrected chi connectivity index (χ1v) is 7.84. The molecule has 0 aliphatic rings. The van der Waals surface area contributed by atoms with Gasteiger partial charge in [0.1, 0.15) is 6.33 Å². The zero-order valence-corrected chi connectivity index (χ0v) is 13.3. The van der Waals surface area contributed by atoms with Crippen molar-refractivity contribution in [3.8, 4) is 16.9 Å². The fraction of sp³-hybridized carbons (Fsp3) is 0.0500. The zero-order chi connectivity index (χ0) is 16.4. The molecule has 0 aliphatic heterocycles. The lowest BCUT2D eigenvalue weighted by Gasteiger charge is -2.10. The van der Waals surface area contributed by atoms with Gasteiger partial charge in [0.15, 0.2) is 11.5 Å². The summed E-state index contributed by atoms with van der Waals surface area (Å²) in [6.45, 7) is 1.89. The summed E-state index contributed by atoms with van der Waals surface area (Å²) in [6.07, 6.45) is 3.32. The third kappa shape index (κ3) is 2.38. The van der Waals surface area contributed by atoms with Gasteiger partial charge in [-0.1, -0.05) is 48.5 Å². The van der Waals surface area contributed by atoms with Gasteiger partial charge < -0.3 is 0 Å². The molecule has 0 bridgehead atoms. The summed E-state index contributed by atoms with van der Waals surface area (Å²) in [4.78, 5) is 13.2. The van der Waals surface area contributed by atoms with Crippen molar-refractivity contribution in [2.75, 3.05) is 0 Å². The normalized spacial score (nSPS) is 11.4. The second-order valence-electron chi connectivity index (χ2n) is 5.39. The maximum absolute atomic E-state index is 4.52. The van der Waals surface area contributed by atoms with E-state index in [-0.39, 0.29) is 0 Å². The minimum absolute atomic E-state index is 0.689. The molecule has 4 nitrogen and oxygen atoms in total. The Hall–Kier alpha value is -3.27. The molecule has 2 heterocycles. The number of aromatic nitrogens is 3. The summed E-state index contributed by atoms with van der Waals surface area (Å²) in [7, 11) is 0. The summed E-state index contributed by atoms with van der Waals surface area (Å²) >= 11 is 0. The summed E-state index contributed by atoms with van der Waals surface area (Å²) in [5.41, 5.74) is 4.13. The molecule has 0 atom stereocenters. The number of hydrogen-bond donors (Lipinski definition) is 0. The SMILES string of the molecule is C/C=N/c1ncnc2c1cc(-c1ccccc1)n2-c1ccccc1. The van der Waals surface area contributed by atoms with Gasteiger partial charge in [0, 0.05) is 11.9 Å². The van der Waals surface area contributed by atoms with Crippen LogP contribution in [0.1, 0.15) is 6.92 Å². The molecule has 4 heteroatoms. The molecule has 24 heavy (non-hydrogen) atoms. The Bertz CT molecular complexity index is 1000. The molecule has 0 aliphatic carbocycles. The molecule has 116 valence electrons. The van der Waals surface area contributed by atoms with Crippen LogP contribution in [0.25, 0.3) is 28.0 Å². The Morgan fingerprint density at radius 3 is 2.33 bits per heavy atom. The van der Waals surface area contributed by atoms with Crippen LogP contribution in [0.2, 0.25) is 0 Å². The maximum Gasteiger partial charge on any atom is 0.164 e. The smallest absolute Gasteiger partial charge is 0.164 e. The second kappa shape index (κ2) is 6.08. The first-order chi connectivity index (χ1) is 11.9. The van der Waals surface area contributed by atoms with Gasteiger partial charge in [0.2, 0.25) is 0 Å². The Balaban J connectivity index is 2.09. The van der Waals surface area contributed by atoms with E-state index in [1.165, 1.54) is 0 Å². The lowest BCUT2D eigenvalue weighted by Crippen LogP contribution is -1.98. The van der Waals surface area contributed by atoms with E-state index in [4.69, 9.17) is 0 Å². The van der Waals surface area contributed by atoms with Gasteiger partial charge in [-0.05, 0) is 30.7 Å². The van der Waals surface area contributed by atoms with E-state index in [9.17, 15) is 0 Å². The molecular formula is C20H16N4. The third-order valence-electron chi connectivity index (χ3n) is 3.91. The fourth-order valence-corrected chi connectivity index (χ4v) is 2.88. The van der Waals surface area contributed by atoms with Crippen molar-refractivity contribution in [3.05, 3.63) is 73.1 Å². The van der Waals surface area contributed by atoms with E-state index in [0.29, 0.717) is 5.82 Å². The highest BCUT2D eigenvalue weighted by atomic mass is 15.1. The first kappa shape index (κ1) is 14.3. The molecule has 0 fully saturated rings. The molecule has 4 aromatic rings. The molecular weight excluding hydrogens is 296 g/mol. The number of rotatable bonds is 3. The van der Waals surface area contributed by atoms with Gasteiger partial charge in [-0.2, -0.15) is 0 Å². The van der Waals surface area contributed by atoms with Crippen molar-refractivity contribution in [3.63, 3.8) is 0 Å². The van der Waals surface area contributed by atoms with Crippen molar-refractivity contribution in [2.45, 2.75) is 6.92 Å². The van der Waals surface area contributed by atoms with Crippen molar-refractivity contribution in [1.82, 2.24) is 14.5 Å². The largest absolute Gasteiger partial charge is 0.294 e. The van der Waals surface area contributed by atoms with Gasteiger partial charge in [-0.3, -0.25) is 4.57 Å². The summed E-state index contributed by atoms with van der Waals surface area (Å²) in [5.74, 6) is 0.689. The van der Waals surface area contributed by atoms with E-state index in [1.54, 1.807) is 12.5 Å². The lowest BCUT2D eigenvalue weighted by molar-refractivity contribution is 1.08. The quantitative estimate of drug-likeness (QED) is 0.509. The Kier molecular flexibility index (Phi) is 3.63. The van der Waals surface area contributed by atoms with Gasteiger partial charge in [0.25, 0.3) is 0 Å². The van der Waals surface area contributed by atoms with Crippen molar-refractivity contribution in [2.24, 2.45) is 4.99 Å². The number of benzene rings is 2. The van der Waals surface area contributed by atoms with Gasteiger partial charge in [-0.15, -0.1) is 0 Å². The maximum atomic E-state index is 4.52. The van der Waals surface area contributed by atoms with Crippen LogP contribution >= 0.6 is 0 Å². The second-order valence-corrected chi connectivity index (χ2v) is 5.39. The average molecular weight is 312 g/mol. The predicted octanol–water partition coefficient (Wildman–Crippen LogP) is 4.81. The third-order valence-corrected chi connectivity index (χ3v) is 3.91. The predicted molar refractivity (Wildman–Crippen MR) is 98.1 cm³/mol. The van der Waals surface area contributed by atoms with Crippen LogP contribution in [0.15, 0.2) is 78.0 Å². The molecule has 2 aromatic carbocycles. The zero-order valence-electron chi connectivity index (χ0n) is 13.3. The molecule has 0 saturated carbocycles. The van der Waals surface area contributed by atoms with Gasteiger partial charge in [0.05, 0.1) is 11.1 Å². The molecule has 0 saturated heterocycles. The van der Waals surface area contributed by atoms with Crippen LogP contribution < -0.4 is 0 Å². The standard InChI is InChI=1S/C20H16N4/c1-2-21-19-17-13-18(15-9-5-3-6-10-15)24(20(17)23-14-22-19)16-11-7-4-8-12-16/h2-14H,1H3/b21-2+. The van der Waals surface area contributed by atoms with Crippen molar-refractivity contribution < 1.29 is 0 Å². The number of nitrogens with zero attached hydrogens (tertiary/aromatic N) is 4. The van der Waals surface area contributed by atoms with Crippen LogP contribution in [0.3, 0.4) is 0 Å². The molecule has 2 aromatic heterocycles. The van der Waals surface area contributed by atoms with Crippen LogP contribution in [0.4, 0.5) is 5.82 Å². The van der Waals surface area contributed by atoms with Crippen molar-refractivity contribution in [1.29, 1.82) is 0 Å². The van der Waals surface area contributed by atoms with E-state index in [2.05, 4.69) is 49.9 Å². The number of para-hydroxylation sites is 1. The topological polar surface area (TPSA) is 43.1 Å². The number of hydrogen-bond acceptors (Lipinski definition) is 3. The highest BCUT2D eigenvalue weighted by Gasteiger charge is 2.15. The average Bonchev–Trinajstić information content (AvgIpc) is 3.04. The minimum atomic E-state index is 0.689. The van der Waals surface area contributed by atoms with Crippen LogP contribution in [0, 0.1) is 0 Å².